The third-order valence-corrected chi connectivity index (χ3v) is 4.39. The third kappa shape index (κ3) is 2.58. The molecule has 1 aliphatic rings. The van der Waals surface area contributed by atoms with E-state index in [1.807, 2.05) is 17.9 Å². The molecule has 21 heavy (non-hydrogen) atoms. The van der Waals surface area contributed by atoms with E-state index in [9.17, 15) is 4.79 Å². The monoisotopic (exact) mass is 283 g/mol. The van der Waals surface area contributed by atoms with E-state index >= 15 is 0 Å². The molecule has 0 unspecified atom stereocenters. The first-order chi connectivity index (χ1) is 10.1. The maximum Gasteiger partial charge on any atom is 0.274 e. The molecule has 2 heterocycles. The average molecular weight is 283 g/mol. The molecule has 110 valence electrons. The molecule has 0 spiro atoms. The lowest BCUT2D eigenvalue weighted by atomic mass is 9.93. The molecule has 0 aliphatic carbocycles. The molecule has 1 fully saturated rings. The molecule has 1 amide bonds. The lowest BCUT2D eigenvalue weighted by Crippen LogP contribution is -2.34. The number of H-pyrrole nitrogens is 1. The number of amides is 1. The Morgan fingerprint density at radius 1 is 1.33 bits per heavy atom. The topological polar surface area (TPSA) is 49.0 Å². The van der Waals surface area contributed by atoms with Gasteiger partial charge in [0.05, 0.1) is 0 Å². The van der Waals surface area contributed by atoms with E-state index in [2.05, 4.69) is 48.3 Å². The number of hydrogen-bond acceptors (Lipinski definition) is 2. The van der Waals surface area contributed by atoms with Gasteiger partial charge in [0.25, 0.3) is 5.91 Å². The standard InChI is InChI=1S/C17H21N3O/c1-11-6-4-5-7-15(11)14-9-13(3)20(10-14)17(21)16-8-12(2)18-19-16/h4-8,13-14H,9-10H2,1-3H3,(H,18,19)/t13-,14-/m0/s1. The summed E-state index contributed by atoms with van der Waals surface area (Å²) in [5, 5.41) is 6.94. The van der Waals surface area contributed by atoms with Crippen LogP contribution in [0, 0.1) is 13.8 Å². The number of nitrogens with one attached hydrogen (secondary N) is 1. The van der Waals surface area contributed by atoms with Gasteiger partial charge in [0.1, 0.15) is 5.69 Å². The first-order valence-electron chi connectivity index (χ1n) is 7.44. The number of likely N-dealkylation sites (tertiary alicyclic amines) is 1. The van der Waals surface area contributed by atoms with Gasteiger partial charge in [0.2, 0.25) is 0 Å². The van der Waals surface area contributed by atoms with E-state index in [0.29, 0.717) is 11.6 Å². The molecule has 3 rings (SSSR count). The van der Waals surface area contributed by atoms with Crippen LogP contribution >= 0.6 is 0 Å². The largest absolute Gasteiger partial charge is 0.334 e. The molecule has 2 atom stereocenters. The van der Waals surface area contributed by atoms with Gasteiger partial charge >= 0.3 is 0 Å². The predicted octanol–water partition coefficient (Wildman–Crippen LogP) is 3.04. The van der Waals surface area contributed by atoms with Crippen LogP contribution in [0.5, 0.6) is 0 Å². The Balaban J connectivity index is 1.80. The summed E-state index contributed by atoms with van der Waals surface area (Å²) in [5.74, 6) is 0.452. The first-order valence-corrected chi connectivity index (χ1v) is 7.44. The maximum atomic E-state index is 12.6. The highest BCUT2D eigenvalue weighted by molar-refractivity contribution is 5.92. The quantitative estimate of drug-likeness (QED) is 0.921. The van der Waals surface area contributed by atoms with Crippen molar-refractivity contribution < 1.29 is 4.79 Å². The second-order valence-electron chi connectivity index (χ2n) is 6.03. The zero-order valence-electron chi connectivity index (χ0n) is 12.8. The summed E-state index contributed by atoms with van der Waals surface area (Å²) in [7, 11) is 0. The van der Waals surface area contributed by atoms with Gasteiger partial charge in [-0.15, -0.1) is 0 Å². The maximum absolute atomic E-state index is 12.6. The summed E-state index contributed by atoms with van der Waals surface area (Å²) in [6.45, 7) is 6.95. The fourth-order valence-corrected chi connectivity index (χ4v) is 3.26. The normalized spacial score (nSPS) is 21.8. The van der Waals surface area contributed by atoms with Gasteiger partial charge in [-0.05, 0) is 44.4 Å². The summed E-state index contributed by atoms with van der Waals surface area (Å²) >= 11 is 0. The lowest BCUT2D eigenvalue weighted by Gasteiger charge is -2.20. The smallest absolute Gasteiger partial charge is 0.274 e. The Bertz CT molecular complexity index is 662. The van der Waals surface area contributed by atoms with E-state index in [1.165, 1.54) is 11.1 Å². The van der Waals surface area contributed by atoms with Crippen LogP contribution < -0.4 is 0 Å². The van der Waals surface area contributed by atoms with Crippen molar-refractivity contribution in [1.29, 1.82) is 0 Å². The number of carbonyl (C=O) groups is 1. The van der Waals surface area contributed by atoms with Gasteiger partial charge in [-0.3, -0.25) is 9.89 Å². The highest BCUT2D eigenvalue weighted by Crippen LogP contribution is 2.33. The van der Waals surface area contributed by atoms with Crippen molar-refractivity contribution in [2.75, 3.05) is 6.54 Å². The molecule has 0 saturated carbocycles. The van der Waals surface area contributed by atoms with Crippen molar-refractivity contribution in [1.82, 2.24) is 15.1 Å². The molecule has 1 aromatic carbocycles. The first kappa shape index (κ1) is 13.9. The van der Waals surface area contributed by atoms with Crippen molar-refractivity contribution in [2.24, 2.45) is 0 Å². The van der Waals surface area contributed by atoms with Crippen LogP contribution in [0.25, 0.3) is 0 Å². The third-order valence-electron chi connectivity index (χ3n) is 4.39. The highest BCUT2D eigenvalue weighted by atomic mass is 16.2. The van der Waals surface area contributed by atoms with E-state index in [-0.39, 0.29) is 11.9 Å². The second-order valence-corrected chi connectivity index (χ2v) is 6.03. The summed E-state index contributed by atoms with van der Waals surface area (Å²) in [6, 6.07) is 10.5. The molecule has 1 aliphatic heterocycles. The second kappa shape index (κ2) is 5.35. The van der Waals surface area contributed by atoms with Gasteiger partial charge in [0.15, 0.2) is 0 Å². The lowest BCUT2D eigenvalue weighted by molar-refractivity contribution is 0.0740. The molecular weight excluding hydrogens is 262 g/mol. The summed E-state index contributed by atoms with van der Waals surface area (Å²) in [4.78, 5) is 14.5. The van der Waals surface area contributed by atoms with E-state index < -0.39 is 0 Å². The van der Waals surface area contributed by atoms with Crippen molar-refractivity contribution in [2.45, 2.75) is 39.2 Å². The van der Waals surface area contributed by atoms with Gasteiger partial charge in [-0.2, -0.15) is 5.10 Å². The number of aromatic amines is 1. The van der Waals surface area contributed by atoms with Gasteiger partial charge < -0.3 is 4.90 Å². The van der Waals surface area contributed by atoms with Crippen LogP contribution in [0.2, 0.25) is 0 Å². The summed E-state index contributed by atoms with van der Waals surface area (Å²) in [5.41, 5.74) is 4.10. The minimum Gasteiger partial charge on any atom is -0.334 e. The minimum atomic E-state index is 0.0305. The van der Waals surface area contributed by atoms with Crippen LogP contribution in [0.4, 0.5) is 0 Å². The number of benzene rings is 1. The molecule has 1 aromatic heterocycles. The summed E-state index contributed by atoms with van der Waals surface area (Å²) in [6.07, 6.45) is 1.01. The van der Waals surface area contributed by atoms with E-state index in [1.54, 1.807) is 0 Å². The Kier molecular flexibility index (Phi) is 3.53. The molecule has 0 radical (unpaired) electrons. The highest BCUT2D eigenvalue weighted by Gasteiger charge is 2.34. The number of carbonyl (C=O) groups excluding carboxylic acids is 1. The van der Waals surface area contributed by atoms with Crippen LogP contribution in [-0.2, 0) is 0 Å². The molecule has 1 N–H and O–H groups in total. The summed E-state index contributed by atoms with van der Waals surface area (Å²) < 4.78 is 0. The Morgan fingerprint density at radius 2 is 2.10 bits per heavy atom. The Morgan fingerprint density at radius 3 is 2.76 bits per heavy atom. The van der Waals surface area contributed by atoms with Crippen molar-refractivity contribution in [3.8, 4) is 0 Å². The number of nitrogens with zero attached hydrogens (tertiary/aromatic N) is 2. The van der Waals surface area contributed by atoms with E-state index in [0.717, 1.165) is 18.7 Å². The SMILES string of the molecule is Cc1cc(C(=O)N2C[C@@H](c3ccccc3C)C[C@@H]2C)n[nH]1. The van der Waals surface area contributed by atoms with E-state index in [4.69, 9.17) is 0 Å². The molecular formula is C17H21N3O. The van der Waals surface area contributed by atoms with Crippen molar-refractivity contribution >= 4 is 5.91 Å². The zero-order chi connectivity index (χ0) is 15.0. The Labute approximate surface area is 125 Å². The molecule has 0 bridgehead atoms. The van der Waals surface area contributed by atoms with Crippen LogP contribution in [0.1, 0.15) is 46.6 Å². The number of rotatable bonds is 2. The van der Waals surface area contributed by atoms with Gasteiger partial charge in [0, 0.05) is 24.2 Å². The fourth-order valence-electron chi connectivity index (χ4n) is 3.26. The number of hydrogen-bond donors (Lipinski definition) is 1. The molecule has 4 heteroatoms. The van der Waals surface area contributed by atoms with Gasteiger partial charge in [-0.1, -0.05) is 24.3 Å². The predicted molar refractivity (Wildman–Crippen MR) is 82.4 cm³/mol. The molecule has 1 saturated heterocycles. The Hall–Kier alpha value is -2.10. The minimum absolute atomic E-state index is 0.0305. The molecule has 4 nitrogen and oxygen atoms in total. The van der Waals surface area contributed by atoms with Gasteiger partial charge in [-0.25, -0.2) is 0 Å². The average Bonchev–Trinajstić information content (AvgIpc) is 3.05. The number of aromatic nitrogens is 2. The van der Waals surface area contributed by atoms with Crippen LogP contribution in [0.3, 0.4) is 0 Å². The fraction of sp³-hybridized carbons (Fsp3) is 0.412. The van der Waals surface area contributed by atoms with Crippen molar-refractivity contribution in [3.63, 3.8) is 0 Å². The van der Waals surface area contributed by atoms with Crippen molar-refractivity contribution in [3.05, 3.63) is 52.8 Å². The molecule has 2 aromatic rings. The zero-order valence-corrected chi connectivity index (χ0v) is 12.8. The van der Waals surface area contributed by atoms with Crippen LogP contribution in [-0.4, -0.2) is 33.6 Å². The number of aryl methyl sites for hydroxylation is 2. The van der Waals surface area contributed by atoms with Crippen LogP contribution in [0.15, 0.2) is 30.3 Å².